The second-order valence-electron chi connectivity index (χ2n) is 7.15. The summed E-state index contributed by atoms with van der Waals surface area (Å²) < 4.78 is 0. The summed E-state index contributed by atoms with van der Waals surface area (Å²) in [6, 6.07) is 16.7. The van der Waals surface area contributed by atoms with Crippen LogP contribution in [0.25, 0.3) is 16.5 Å². The van der Waals surface area contributed by atoms with Crippen LogP contribution in [0.2, 0.25) is 0 Å². The zero-order valence-corrected chi connectivity index (χ0v) is 15.1. The number of amides is 1. The van der Waals surface area contributed by atoms with Crippen molar-refractivity contribution in [1.82, 2.24) is 10.3 Å². The molecule has 0 saturated heterocycles. The molecule has 1 atom stereocenters. The minimum absolute atomic E-state index is 0.0782. The molecule has 2 N–H and O–H groups in total. The van der Waals surface area contributed by atoms with E-state index in [-0.39, 0.29) is 11.8 Å². The predicted octanol–water partition coefficient (Wildman–Crippen LogP) is 4.98. The van der Waals surface area contributed by atoms with Gasteiger partial charge >= 0.3 is 0 Å². The van der Waals surface area contributed by atoms with Crippen LogP contribution in [-0.2, 0) is 11.3 Å². The van der Waals surface area contributed by atoms with Crippen molar-refractivity contribution in [3.8, 4) is 0 Å². The Labute approximate surface area is 154 Å². The van der Waals surface area contributed by atoms with Gasteiger partial charge in [-0.15, -0.1) is 0 Å². The average Bonchev–Trinajstić information content (AvgIpc) is 3.11. The van der Waals surface area contributed by atoms with E-state index in [1.165, 1.54) is 27.6 Å². The molecule has 132 valence electrons. The van der Waals surface area contributed by atoms with E-state index < -0.39 is 0 Å². The van der Waals surface area contributed by atoms with Gasteiger partial charge in [-0.25, -0.2) is 0 Å². The van der Waals surface area contributed by atoms with Crippen LogP contribution >= 0.6 is 0 Å². The highest BCUT2D eigenvalue weighted by Crippen LogP contribution is 2.34. The molecule has 1 amide bonds. The van der Waals surface area contributed by atoms with Crippen molar-refractivity contribution in [2.75, 3.05) is 0 Å². The third kappa shape index (κ3) is 3.43. The first kappa shape index (κ1) is 16.6. The molecule has 1 aromatic heterocycles. The molecule has 1 aliphatic carbocycles. The lowest BCUT2D eigenvalue weighted by molar-refractivity contribution is -0.125. The molecule has 0 aliphatic heterocycles. The second kappa shape index (κ2) is 7.20. The van der Waals surface area contributed by atoms with Gasteiger partial charge in [0.2, 0.25) is 5.91 Å². The van der Waals surface area contributed by atoms with Crippen molar-refractivity contribution in [3.63, 3.8) is 0 Å². The van der Waals surface area contributed by atoms with Crippen LogP contribution in [0.1, 0.15) is 36.0 Å². The lowest BCUT2D eigenvalue weighted by atomic mass is 9.86. The molecule has 0 fully saturated rings. The van der Waals surface area contributed by atoms with Crippen LogP contribution in [-0.4, -0.2) is 10.9 Å². The van der Waals surface area contributed by atoms with Gasteiger partial charge in [-0.3, -0.25) is 4.79 Å². The molecule has 3 heteroatoms. The van der Waals surface area contributed by atoms with Crippen LogP contribution in [0.15, 0.2) is 60.8 Å². The molecule has 4 rings (SSSR count). The largest absolute Gasteiger partial charge is 0.361 e. The van der Waals surface area contributed by atoms with Gasteiger partial charge < -0.3 is 10.3 Å². The Kier molecular flexibility index (Phi) is 4.61. The van der Waals surface area contributed by atoms with Crippen LogP contribution in [0, 0.1) is 12.8 Å². The maximum atomic E-state index is 12.5. The Balaban J connectivity index is 1.39. The van der Waals surface area contributed by atoms with Crippen molar-refractivity contribution in [3.05, 3.63) is 77.5 Å². The van der Waals surface area contributed by atoms with Crippen molar-refractivity contribution in [2.24, 2.45) is 5.92 Å². The highest BCUT2D eigenvalue weighted by atomic mass is 16.1. The lowest BCUT2D eigenvalue weighted by Gasteiger charge is -2.21. The number of aromatic amines is 1. The fourth-order valence-electron chi connectivity index (χ4n) is 3.69. The maximum absolute atomic E-state index is 12.5. The summed E-state index contributed by atoms with van der Waals surface area (Å²) >= 11 is 0. The Morgan fingerprint density at radius 2 is 1.96 bits per heavy atom. The molecule has 0 bridgehead atoms. The first-order valence-corrected chi connectivity index (χ1v) is 9.29. The zero-order valence-electron chi connectivity index (χ0n) is 15.1. The van der Waals surface area contributed by atoms with E-state index in [0.717, 1.165) is 24.8 Å². The number of rotatable bonds is 4. The van der Waals surface area contributed by atoms with Gasteiger partial charge in [-0.2, -0.15) is 0 Å². The van der Waals surface area contributed by atoms with Crippen molar-refractivity contribution in [2.45, 2.75) is 32.7 Å². The molecule has 2 aromatic carbocycles. The summed E-state index contributed by atoms with van der Waals surface area (Å²) in [6.07, 6.45) is 7.01. The van der Waals surface area contributed by atoms with Crippen molar-refractivity contribution in [1.29, 1.82) is 0 Å². The van der Waals surface area contributed by atoms with Crippen LogP contribution in [0.5, 0.6) is 0 Å². The number of aryl methyl sites for hydroxylation is 1. The van der Waals surface area contributed by atoms with Gasteiger partial charge in [-0.05, 0) is 43.4 Å². The fourth-order valence-corrected chi connectivity index (χ4v) is 3.69. The lowest BCUT2D eigenvalue weighted by Crippen LogP contribution is -2.31. The van der Waals surface area contributed by atoms with Crippen LogP contribution < -0.4 is 5.32 Å². The van der Waals surface area contributed by atoms with Crippen LogP contribution in [0.3, 0.4) is 0 Å². The number of allylic oxidation sites excluding steroid dienone is 2. The molecule has 1 heterocycles. The summed E-state index contributed by atoms with van der Waals surface area (Å²) in [4.78, 5) is 15.8. The van der Waals surface area contributed by atoms with E-state index in [4.69, 9.17) is 0 Å². The smallest absolute Gasteiger partial charge is 0.223 e. The quantitative estimate of drug-likeness (QED) is 0.689. The fraction of sp³-hybridized carbons (Fsp3) is 0.261. The topological polar surface area (TPSA) is 44.9 Å². The number of nitrogens with one attached hydrogen (secondary N) is 2. The van der Waals surface area contributed by atoms with Gasteiger partial charge in [0.15, 0.2) is 0 Å². The monoisotopic (exact) mass is 344 g/mol. The molecular formula is C23H24N2O. The number of benzene rings is 2. The minimum Gasteiger partial charge on any atom is -0.361 e. The summed E-state index contributed by atoms with van der Waals surface area (Å²) in [5.41, 5.74) is 6.18. The maximum Gasteiger partial charge on any atom is 0.223 e. The standard InChI is InChI=1S/C23H24N2O/c1-16-6-8-17(9-7-16)14-25-23(26)19-12-10-18(11-13-19)21-15-24-22-5-3-2-4-20(21)22/h2-10,15,19,24H,11-14H2,1H3,(H,25,26)/t19-/m1/s1. The average molecular weight is 344 g/mol. The Morgan fingerprint density at radius 3 is 2.73 bits per heavy atom. The van der Waals surface area contributed by atoms with E-state index in [9.17, 15) is 4.79 Å². The third-order valence-corrected chi connectivity index (χ3v) is 5.30. The second-order valence-corrected chi connectivity index (χ2v) is 7.15. The van der Waals surface area contributed by atoms with Gasteiger partial charge in [0.1, 0.15) is 0 Å². The number of H-pyrrole nitrogens is 1. The number of para-hydroxylation sites is 1. The SMILES string of the molecule is Cc1ccc(CNC(=O)[C@@H]2CC=C(c3c[nH]c4ccccc34)CC2)cc1. The van der Waals surface area contributed by atoms with Gasteiger partial charge in [0.25, 0.3) is 0 Å². The van der Waals surface area contributed by atoms with Crippen molar-refractivity contribution < 1.29 is 4.79 Å². The number of fused-ring (bicyclic) bond motifs is 1. The molecule has 0 unspecified atom stereocenters. The number of carbonyl (C=O) groups excluding carboxylic acids is 1. The van der Waals surface area contributed by atoms with Gasteiger partial charge in [-0.1, -0.05) is 54.1 Å². The molecule has 0 radical (unpaired) electrons. The van der Waals surface area contributed by atoms with E-state index in [0.29, 0.717) is 6.54 Å². The molecule has 0 spiro atoms. The van der Waals surface area contributed by atoms with Crippen LogP contribution in [0.4, 0.5) is 0 Å². The Morgan fingerprint density at radius 1 is 1.15 bits per heavy atom. The molecule has 1 aliphatic rings. The first-order chi connectivity index (χ1) is 12.7. The van der Waals surface area contributed by atoms with E-state index in [2.05, 4.69) is 72.0 Å². The summed E-state index contributed by atoms with van der Waals surface area (Å²) in [7, 11) is 0. The predicted molar refractivity (Wildman–Crippen MR) is 107 cm³/mol. The third-order valence-electron chi connectivity index (χ3n) is 5.30. The molecule has 3 nitrogen and oxygen atoms in total. The number of carbonyl (C=O) groups is 1. The molecule has 3 aromatic rings. The van der Waals surface area contributed by atoms with Gasteiger partial charge in [0, 0.05) is 35.1 Å². The first-order valence-electron chi connectivity index (χ1n) is 9.29. The summed E-state index contributed by atoms with van der Waals surface area (Å²) in [6.45, 7) is 2.68. The minimum atomic E-state index is 0.0782. The summed E-state index contributed by atoms with van der Waals surface area (Å²) in [5, 5.41) is 4.36. The highest BCUT2D eigenvalue weighted by Gasteiger charge is 2.22. The molecule has 26 heavy (non-hydrogen) atoms. The number of aromatic nitrogens is 1. The van der Waals surface area contributed by atoms with E-state index in [1.54, 1.807) is 0 Å². The molecule has 0 saturated carbocycles. The molecular weight excluding hydrogens is 320 g/mol. The normalized spacial score (nSPS) is 17.1. The Hall–Kier alpha value is -2.81. The summed E-state index contributed by atoms with van der Waals surface area (Å²) in [5.74, 6) is 0.245. The van der Waals surface area contributed by atoms with Crippen molar-refractivity contribution >= 4 is 22.4 Å². The van der Waals surface area contributed by atoms with E-state index >= 15 is 0 Å². The van der Waals surface area contributed by atoms with Gasteiger partial charge in [0.05, 0.1) is 0 Å². The zero-order chi connectivity index (χ0) is 17.9. The number of hydrogen-bond acceptors (Lipinski definition) is 1. The van der Waals surface area contributed by atoms with E-state index in [1.807, 2.05) is 6.07 Å². The number of hydrogen-bond donors (Lipinski definition) is 2. The highest BCUT2D eigenvalue weighted by molar-refractivity contribution is 5.93. The Bertz CT molecular complexity index is 950.